The van der Waals surface area contributed by atoms with Crippen LogP contribution < -0.4 is 15.5 Å². The Labute approximate surface area is 157 Å². The topological polar surface area (TPSA) is 91.5 Å². The monoisotopic (exact) mass is 375 g/mol. The van der Waals surface area contributed by atoms with E-state index in [-0.39, 0.29) is 5.91 Å². The van der Waals surface area contributed by atoms with Gasteiger partial charge in [-0.2, -0.15) is 4.98 Å². The number of nitrogen functional groups attached to an aromatic ring is 1. The lowest BCUT2D eigenvalue weighted by Gasteiger charge is -2.31. The Balaban J connectivity index is 1.94. The Bertz CT molecular complexity index is 831. The quantitative estimate of drug-likeness (QED) is 0.864. The van der Waals surface area contributed by atoms with Crippen molar-refractivity contribution >= 4 is 34.1 Å². The number of rotatable bonds is 4. The van der Waals surface area contributed by atoms with Gasteiger partial charge in [0.05, 0.1) is 17.9 Å². The summed E-state index contributed by atoms with van der Waals surface area (Å²) in [5, 5.41) is 0.440. The fourth-order valence-corrected chi connectivity index (χ4v) is 3.95. The minimum absolute atomic E-state index is 0.0156. The number of aromatic nitrogens is 3. The average Bonchev–Trinajstić information content (AvgIpc) is 3.00. The van der Waals surface area contributed by atoms with Gasteiger partial charge in [0.15, 0.2) is 5.13 Å². The van der Waals surface area contributed by atoms with Crippen LogP contribution in [0.3, 0.4) is 0 Å². The maximum absolute atomic E-state index is 13.0. The number of fused-ring (bicyclic) bond motifs is 1. The second-order valence-corrected chi connectivity index (χ2v) is 7.75. The van der Waals surface area contributed by atoms with Crippen molar-refractivity contribution in [3.63, 3.8) is 0 Å². The molecule has 8 nitrogen and oxygen atoms in total. The summed E-state index contributed by atoms with van der Waals surface area (Å²) in [5.41, 5.74) is 8.60. The predicted molar refractivity (Wildman–Crippen MR) is 105 cm³/mol. The Morgan fingerprint density at radius 3 is 2.54 bits per heavy atom. The van der Waals surface area contributed by atoms with Crippen molar-refractivity contribution in [2.75, 3.05) is 50.3 Å². The van der Waals surface area contributed by atoms with E-state index < -0.39 is 0 Å². The van der Waals surface area contributed by atoms with Crippen LogP contribution in [-0.4, -0.2) is 60.5 Å². The lowest BCUT2D eigenvalue weighted by molar-refractivity contribution is 0.0735. The van der Waals surface area contributed by atoms with Crippen molar-refractivity contribution < 1.29 is 4.79 Å². The van der Waals surface area contributed by atoms with Crippen LogP contribution in [-0.2, 0) is 19.4 Å². The zero-order valence-electron chi connectivity index (χ0n) is 15.9. The summed E-state index contributed by atoms with van der Waals surface area (Å²) in [6, 6.07) is 0. The lowest BCUT2D eigenvalue weighted by atomic mass is 10.0. The van der Waals surface area contributed by atoms with Gasteiger partial charge in [-0.25, -0.2) is 9.97 Å². The van der Waals surface area contributed by atoms with E-state index in [9.17, 15) is 4.79 Å². The third-order valence-electron chi connectivity index (χ3n) is 4.39. The van der Waals surface area contributed by atoms with E-state index in [1.807, 2.05) is 49.8 Å². The molecule has 1 amide bonds. The van der Waals surface area contributed by atoms with Gasteiger partial charge in [-0.3, -0.25) is 4.79 Å². The number of anilines is 3. The van der Waals surface area contributed by atoms with E-state index in [2.05, 4.69) is 15.0 Å². The van der Waals surface area contributed by atoms with E-state index in [4.69, 9.17) is 5.73 Å². The Morgan fingerprint density at radius 2 is 1.92 bits per heavy atom. The number of aryl methyl sites for hydroxylation is 1. The van der Waals surface area contributed by atoms with Crippen molar-refractivity contribution in [3.05, 3.63) is 21.8 Å². The van der Waals surface area contributed by atoms with Crippen molar-refractivity contribution in [3.8, 4) is 0 Å². The van der Waals surface area contributed by atoms with Crippen LogP contribution in [0.15, 0.2) is 0 Å². The van der Waals surface area contributed by atoms with E-state index in [1.165, 1.54) is 11.3 Å². The van der Waals surface area contributed by atoms with Gasteiger partial charge >= 0.3 is 0 Å². The zero-order valence-corrected chi connectivity index (χ0v) is 16.7. The first-order chi connectivity index (χ1) is 12.3. The molecule has 0 saturated heterocycles. The van der Waals surface area contributed by atoms with Gasteiger partial charge < -0.3 is 20.4 Å². The number of amides is 1. The standard InChI is InChI=1S/C17H25N7OS/c1-6-11-13(26-16(18)19-11)15(25)24-8-7-10-12(9-24)20-17(23(4)5)21-14(10)22(2)3/h6-9H2,1-5H3,(H2,18,19). The Morgan fingerprint density at radius 1 is 1.19 bits per heavy atom. The third-order valence-corrected chi connectivity index (χ3v) is 5.30. The molecule has 0 spiro atoms. The van der Waals surface area contributed by atoms with Crippen molar-refractivity contribution in [1.82, 2.24) is 19.9 Å². The molecule has 1 aliphatic heterocycles. The minimum Gasteiger partial charge on any atom is -0.375 e. The van der Waals surface area contributed by atoms with Gasteiger partial charge in [0, 0.05) is 40.3 Å². The molecule has 0 aromatic carbocycles. The second kappa shape index (κ2) is 7.06. The highest BCUT2D eigenvalue weighted by Gasteiger charge is 2.29. The summed E-state index contributed by atoms with van der Waals surface area (Å²) >= 11 is 1.26. The molecule has 9 heteroatoms. The van der Waals surface area contributed by atoms with Crippen LogP contribution in [0.2, 0.25) is 0 Å². The third kappa shape index (κ3) is 3.31. The smallest absolute Gasteiger partial charge is 0.266 e. The maximum atomic E-state index is 13.0. The number of hydrogen-bond acceptors (Lipinski definition) is 8. The van der Waals surface area contributed by atoms with Gasteiger partial charge in [-0.15, -0.1) is 0 Å². The van der Waals surface area contributed by atoms with Crippen LogP contribution >= 0.6 is 11.3 Å². The summed E-state index contributed by atoms with van der Waals surface area (Å²) in [6.07, 6.45) is 1.43. The second-order valence-electron chi connectivity index (χ2n) is 6.72. The van der Waals surface area contributed by atoms with E-state index in [1.54, 1.807) is 0 Å². The predicted octanol–water partition coefficient (Wildman–Crippen LogP) is 1.41. The molecule has 1 aliphatic rings. The molecule has 140 valence electrons. The molecule has 2 aromatic rings. The molecule has 2 aromatic heterocycles. The number of thiazole rings is 1. The molecule has 2 N–H and O–H groups in total. The van der Waals surface area contributed by atoms with Gasteiger partial charge in [-0.05, 0) is 12.8 Å². The van der Waals surface area contributed by atoms with E-state index in [0.29, 0.717) is 35.5 Å². The van der Waals surface area contributed by atoms with Crippen molar-refractivity contribution in [2.24, 2.45) is 0 Å². The van der Waals surface area contributed by atoms with Gasteiger partial charge in [0.2, 0.25) is 5.95 Å². The highest BCUT2D eigenvalue weighted by Crippen LogP contribution is 2.30. The molecule has 0 radical (unpaired) electrons. The molecular weight excluding hydrogens is 350 g/mol. The largest absolute Gasteiger partial charge is 0.375 e. The Hall–Kier alpha value is -2.42. The minimum atomic E-state index is -0.0156. The summed E-state index contributed by atoms with van der Waals surface area (Å²) in [5.74, 6) is 1.55. The number of nitrogens with zero attached hydrogens (tertiary/aromatic N) is 6. The number of carbonyl (C=O) groups excluding carboxylic acids is 1. The number of carbonyl (C=O) groups is 1. The first kappa shape index (κ1) is 18.4. The molecule has 3 heterocycles. The van der Waals surface area contributed by atoms with Gasteiger partial charge in [-0.1, -0.05) is 18.3 Å². The number of hydrogen-bond donors (Lipinski definition) is 1. The molecule has 0 fully saturated rings. The molecule has 0 atom stereocenters. The highest BCUT2D eigenvalue weighted by atomic mass is 32.1. The fourth-order valence-electron chi connectivity index (χ4n) is 3.06. The summed E-state index contributed by atoms with van der Waals surface area (Å²) < 4.78 is 0. The molecule has 0 aliphatic carbocycles. The summed E-state index contributed by atoms with van der Waals surface area (Å²) in [4.78, 5) is 33.0. The average molecular weight is 376 g/mol. The van der Waals surface area contributed by atoms with Crippen LogP contribution in [0.1, 0.15) is 33.5 Å². The van der Waals surface area contributed by atoms with Crippen molar-refractivity contribution in [1.29, 1.82) is 0 Å². The number of nitrogens with two attached hydrogens (primary N) is 1. The van der Waals surface area contributed by atoms with Crippen molar-refractivity contribution in [2.45, 2.75) is 26.3 Å². The van der Waals surface area contributed by atoms with Gasteiger partial charge in [0.25, 0.3) is 5.91 Å². The first-order valence-corrected chi connectivity index (χ1v) is 9.42. The van der Waals surface area contributed by atoms with Gasteiger partial charge in [0.1, 0.15) is 10.7 Å². The fraction of sp³-hybridized carbons (Fsp3) is 0.529. The lowest BCUT2D eigenvalue weighted by Crippen LogP contribution is -2.37. The molecule has 26 heavy (non-hydrogen) atoms. The zero-order chi connectivity index (χ0) is 19.0. The molecule has 3 rings (SSSR count). The Kier molecular flexibility index (Phi) is 4.99. The van der Waals surface area contributed by atoms with Crippen LogP contribution in [0.4, 0.5) is 16.9 Å². The van der Waals surface area contributed by atoms with E-state index in [0.717, 1.165) is 29.2 Å². The highest BCUT2D eigenvalue weighted by molar-refractivity contribution is 7.17. The molecular formula is C17H25N7OS. The first-order valence-electron chi connectivity index (χ1n) is 8.60. The van der Waals surface area contributed by atoms with Crippen LogP contribution in [0.5, 0.6) is 0 Å². The SMILES string of the molecule is CCc1nc(N)sc1C(=O)N1CCc2c(nc(N(C)C)nc2N(C)C)C1. The van der Waals surface area contributed by atoms with E-state index >= 15 is 0 Å². The van der Waals surface area contributed by atoms with Crippen LogP contribution in [0, 0.1) is 0 Å². The van der Waals surface area contributed by atoms with Crippen LogP contribution in [0.25, 0.3) is 0 Å². The maximum Gasteiger partial charge on any atom is 0.266 e. The summed E-state index contributed by atoms with van der Waals surface area (Å²) in [7, 11) is 7.79. The summed E-state index contributed by atoms with van der Waals surface area (Å²) in [6.45, 7) is 3.09. The molecule has 0 saturated carbocycles. The molecule has 0 unspecified atom stereocenters. The normalized spacial score (nSPS) is 13.5. The molecule has 0 bridgehead atoms.